The molecule has 0 saturated carbocycles. The van der Waals surface area contributed by atoms with Crippen LogP contribution in [0.15, 0.2) is 42.6 Å². The second-order valence-corrected chi connectivity index (χ2v) is 3.63. The molecule has 0 unspecified atom stereocenters. The van der Waals surface area contributed by atoms with E-state index in [-0.39, 0.29) is 12.2 Å². The zero-order valence-electron chi connectivity index (χ0n) is 9.89. The van der Waals surface area contributed by atoms with Gasteiger partial charge in [-0.3, -0.25) is 4.98 Å². The molecule has 3 nitrogen and oxygen atoms in total. The molecule has 1 heterocycles. The number of nitrogens with zero attached hydrogens (tertiary/aromatic N) is 1. The molecule has 0 atom stereocenters. The molecule has 92 valence electrons. The molecule has 0 saturated heterocycles. The Morgan fingerprint density at radius 1 is 1.33 bits per heavy atom. The van der Waals surface area contributed by atoms with Crippen LogP contribution in [0, 0.1) is 5.82 Å². The Morgan fingerprint density at radius 2 is 2.17 bits per heavy atom. The maximum Gasteiger partial charge on any atom is 0.338 e. The summed E-state index contributed by atoms with van der Waals surface area (Å²) in [5, 5.41) is 0. The van der Waals surface area contributed by atoms with Crippen LogP contribution in [-0.4, -0.2) is 17.6 Å². The molecule has 0 aliphatic rings. The first-order chi connectivity index (χ1) is 8.72. The van der Waals surface area contributed by atoms with Gasteiger partial charge in [-0.05, 0) is 37.3 Å². The van der Waals surface area contributed by atoms with Crippen LogP contribution >= 0.6 is 0 Å². The highest BCUT2D eigenvalue weighted by atomic mass is 19.1. The second kappa shape index (κ2) is 5.40. The van der Waals surface area contributed by atoms with Crippen LogP contribution in [0.3, 0.4) is 0 Å². The van der Waals surface area contributed by atoms with E-state index in [0.717, 1.165) is 0 Å². The van der Waals surface area contributed by atoms with Crippen molar-refractivity contribution in [2.45, 2.75) is 6.92 Å². The maximum absolute atomic E-state index is 13.2. The fraction of sp³-hybridized carbons (Fsp3) is 0.143. The summed E-state index contributed by atoms with van der Waals surface area (Å²) in [5.41, 5.74) is 1.37. The summed E-state index contributed by atoms with van der Waals surface area (Å²) in [6.45, 7) is 1.95. The van der Waals surface area contributed by atoms with Crippen molar-refractivity contribution in [2.75, 3.05) is 6.61 Å². The molecule has 0 amide bonds. The van der Waals surface area contributed by atoms with Crippen molar-refractivity contribution in [1.82, 2.24) is 4.98 Å². The highest BCUT2D eigenvalue weighted by Gasteiger charge is 2.15. The summed E-state index contributed by atoms with van der Waals surface area (Å²) in [5.74, 6) is -1.02. The predicted molar refractivity (Wildman–Crippen MR) is 65.6 cm³/mol. The highest BCUT2D eigenvalue weighted by Crippen LogP contribution is 2.23. The van der Waals surface area contributed by atoms with Crippen molar-refractivity contribution in [3.8, 4) is 11.3 Å². The molecule has 0 bridgehead atoms. The van der Waals surface area contributed by atoms with Crippen molar-refractivity contribution < 1.29 is 13.9 Å². The second-order valence-electron chi connectivity index (χ2n) is 3.63. The van der Waals surface area contributed by atoms with Crippen LogP contribution in [0.4, 0.5) is 4.39 Å². The lowest BCUT2D eigenvalue weighted by Gasteiger charge is -2.08. The Kier molecular flexibility index (Phi) is 3.67. The molecule has 0 radical (unpaired) electrons. The standard InChI is InChI=1S/C14H12FNO2/c1-2-18-14(17)12-9-10(15)6-7-11(12)13-5-3-4-8-16-13/h3-9H,2H2,1H3. The van der Waals surface area contributed by atoms with Gasteiger partial charge >= 0.3 is 5.97 Å². The lowest BCUT2D eigenvalue weighted by molar-refractivity contribution is 0.0526. The zero-order chi connectivity index (χ0) is 13.0. The summed E-state index contributed by atoms with van der Waals surface area (Å²) in [7, 11) is 0. The molecule has 1 aromatic heterocycles. The van der Waals surface area contributed by atoms with Gasteiger partial charge in [-0.2, -0.15) is 0 Å². The van der Waals surface area contributed by atoms with Gasteiger partial charge in [-0.1, -0.05) is 6.07 Å². The van der Waals surface area contributed by atoms with Gasteiger partial charge < -0.3 is 4.74 Å². The minimum absolute atomic E-state index is 0.190. The monoisotopic (exact) mass is 245 g/mol. The summed E-state index contributed by atoms with van der Waals surface area (Å²) >= 11 is 0. The Hall–Kier alpha value is -2.23. The molecule has 0 aliphatic carbocycles. The number of carbonyl (C=O) groups is 1. The molecule has 2 aromatic rings. The smallest absolute Gasteiger partial charge is 0.338 e. The Morgan fingerprint density at radius 3 is 2.83 bits per heavy atom. The molecule has 0 spiro atoms. The van der Waals surface area contributed by atoms with E-state index in [1.165, 1.54) is 18.2 Å². The minimum Gasteiger partial charge on any atom is -0.462 e. The molecule has 4 heteroatoms. The van der Waals surface area contributed by atoms with Crippen LogP contribution in [0.2, 0.25) is 0 Å². The van der Waals surface area contributed by atoms with Crippen LogP contribution in [0.5, 0.6) is 0 Å². The van der Waals surface area contributed by atoms with E-state index in [2.05, 4.69) is 4.98 Å². The van der Waals surface area contributed by atoms with Gasteiger partial charge in [0, 0.05) is 11.8 Å². The molecule has 18 heavy (non-hydrogen) atoms. The first kappa shape index (κ1) is 12.2. The normalized spacial score (nSPS) is 10.1. The third-order valence-electron chi connectivity index (χ3n) is 2.42. The van der Waals surface area contributed by atoms with E-state index in [9.17, 15) is 9.18 Å². The Balaban J connectivity index is 2.51. The van der Waals surface area contributed by atoms with Gasteiger partial charge in [-0.25, -0.2) is 9.18 Å². The van der Waals surface area contributed by atoms with Crippen molar-refractivity contribution in [1.29, 1.82) is 0 Å². The van der Waals surface area contributed by atoms with E-state index in [0.29, 0.717) is 11.3 Å². The largest absolute Gasteiger partial charge is 0.462 e. The van der Waals surface area contributed by atoms with Gasteiger partial charge in [-0.15, -0.1) is 0 Å². The first-order valence-electron chi connectivity index (χ1n) is 5.60. The van der Waals surface area contributed by atoms with Crippen molar-refractivity contribution in [3.05, 3.63) is 54.0 Å². The zero-order valence-corrected chi connectivity index (χ0v) is 9.89. The van der Waals surface area contributed by atoms with E-state index in [1.807, 2.05) is 0 Å². The molecular formula is C14H12FNO2. The predicted octanol–water partition coefficient (Wildman–Crippen LogP) is 3.06. The molecule has 1 aromatic carbocycles. The Labute approximate surface area is 104 Å². The van der Waals surface area contributed by atoms with Gasteiger partial charge in [0.15, 0.2) is 0 Å². The van der Waals surface area contributed by atoms with E-state index >= 15 is 0 Å². The van der Waals surface area contributed by atoms with Gasteiger partial charge in [0.05, 0.1) is 17.9 Å². The molecule has 0 fully saturated rings. The lowest BCUT2D eigenvalue weighted by Crippen LogP contribution is -2.07. The minimum atomic E-state index is -0.544. The number of benzene rings is 1. The number of carbonyl (C=O) groups excluding carboxylic acids is 1. The van der Waals surface area contributed by atoms with Crippen LogP contribution in [0.1, 0.15) is 17.3 Å². The van der Waals surface area contributed by atoms with Crippen LogP contribution in [-0.2, 0) is 4.74 Å². The molecule has 2 rings (SSSR count). The summed E-state index contributed by atoms with van der Waals surface area (Å²) in [4.78, 5) is 15.9. The number of rotatable bonds is 3. The molecular weight excluding hydrogens is 233 g/mol. The average Bonchev–Trinajstić information content (AvgIpc) is 2.40. The molecule has 0 N–H and O–H groups in total. The summed E-state index contributed by atoms with van der Waals surface area (Å²) < 4.78 is 18.1. The van der Waals surface area contributed by atoms with E-state index in [1.54, 1.807) is 31.3 Å². The number of halogens is 1. The fourth-order valence-corrected chi connectivity index (χ4v) is 1.64. The third kappa shape index (κ3) is 2.53. The van der Waals surface area contributed by atoms with Crippen LogP contribution in [0.25, 0.3) is 11.3 Å². The van der Waals surface area contributed by atoms with Gasteiger partial charge in [0.2, 0.25) is 0 Å². The van der Waals surface area contributed by atoms with Crippen molar-refractivity contribution >= 4 is 5.97 Å². The fourth-order valence-electron chi connectivity index (χ4n) is 1.64. The average molecular weight is 245 g/mol. The van der Waals surface area contributed by atoms with Gasteiger partial charge in [0.1, 0.15) is 5.82 Å². The number of ether oxygens (including phenoxy) is 1. The van der Waals surface area contributed by atoms with Gasteiger partial charge in [0.25, 0.3) is 0 Å². The number of hydrogen-bond acceptors (Lipinski definition) is 3. The number of aromatic nitrogens is 1. The topological polar surface area (TPSA) is 39.2 Å². The highest BCUT2D eigenvalue weighted by molar-refractivity contribution is 5.96. The Bertz CT molecular complexity index is 555. The number of pyridine rings is 1. The molecule has 0 aliphatic heterocycles. The SMILES string of the molecule is CCOC(=O)c1cc(F)ccc1-c1ccccn1. The first-order valence-corrected chi connectivity index (χ1v) is 5.60. The third-order valence-corrected chi connectivity index (χ3v) is 2.42. The van der Waals surface area contributed by atoms with Crippen LogP contribution < -0.4 is 0 Å². The number of esters is 1. The number of hydrogen-bond donors (Lipinski definition) is 0. The van der Waals surface area contributed by atoms with Crippen molar-refractivity contribution in [2.24, 2.45) is 0 Å². The van der Waals surface area contributed by atoms with Crippen molar-refractivity contribution in [3.63, 3.8) is 0 Å². The van der Waals surface area contributed by atoms with E-state index in [4.69, 9.17) is 4.74 Å². The summed E-state index contributed by atoms with van der Waals surface area (Å²) in [6.07, 6.45) is 1.62. The maximum atomic E-state index is 13.2. The summed E-state index contributed by atoms with van der Waals surface area (Å²) in [6, 6.07) is 9.34. The van der Waals surface area contributed by atoms with E-state index < -0.39 is 11.8 Å². The quantitative estimate of drug-likeness (QED) is 0.780. The lowest BCUT2D eigenvalue weighted by atomic mass is 10.0.